The molecule has 0 fully saturated rings. The molecule has 0 unspecified atom stereocenters. The lowest BCUT2D eigenvalue weighted by molar-refractivity contribution is -0.123. The Morgan fingerprint density at radius 2 is 1.67 bits per heavy atom. The predicted molar refractivity (Wildman–Crippen MR) is 103 cm³/mol. The average molecular weight is 371 g/mol. The van der Waals surface area contributed by atoms with Crippen LogP contribution in [-0.2, 0) is 20.9 Å². The molecule has 0 heterocycles. The second-order valence-electron chi connectivity index (χ2n) is 6.29. The van der Waals surface area contributed by atoms with Gasteiger partial charge in [0.15, 0.2) is 6.10 Å². The molecule has 0 aliphatic rings. The molecule has 0 radical (unpaired) electrons. The fraction of sp³-hybridized carbons (Fsp3) is 0.333. The number of hydrogen-bond acceptors (Lipinski definition) is 5. The molecule has 27 heavy (non-hydrogen) atoms. The van der Waals surface area contributed by atoms with E-state index in [1.165, 1.54) is 14.0 Å². The highest BCUT2D eigenvalue weighted by molar-refractivity contribution is 5.98. The summed E-state index contributed by atoms with van der Waals surface area (Å²) in [5, 5.41) is 2.70. The van der Waals surface area contributed by atoms with Crippen LogP contribution < -0.4 is 10.1 Å². The van der Waals surface area contributed by atoms with Crippen LogP contribution in [0.5, 0.6) is 5.75 Å². The first kappa shape index (κ1) is 20.5. The minimum absolute atomic E-state index is 0.136. The van der Waals surface area contributed by atoms with Crippen molar-refractivity contribution >= 4 is 17.6 Å². The molecule has 6 nitrogen and oxygen atoms in total. The maximum atomic E-state index is 12.3. The summed E-state index contributed by atoms with van der Waals surface area (Å²) in [7, 11) is 1.52. The Kier molecular flexibility index (Phi) is 7.37. The van der Waals surface area contributed by atoms with E-state index >= 15 is 0 Å². The summed E-state index contributed by atoms with van der Waals surface area (Å²) in [5.74, 6) is -0.465. The average Bonchev–Trinajstić information content (AvgIpc) is 2.67. The van der Waals surface area contributed by atoms with Crippen molar-refractivity contribution in [1.29, 1.82) is 0 Å². The van der Waals surface area contributed by atoms with Crippen LogP contribution in [0.25, 0.3) is 0 Å². The quantitative estimate of drug-likeness (QED) is 0.715. The number of para-hydroxylation sites is 2. The van der Waals surface area contributed by atoms with Gasteiger partial charge in [-0.2, -0.15) is 0 Å². The molecule has 0 saturated heterocycles. The molecule has 0 spiro atoms. The molecule has 2 aromatic rings. The molecule has 0 bridgehead atoms. The maximum Gasteiger partial charge on any atom is 0.338 e. The van der Waals surface area contributed by atoms with Gasteiger partial charge in [0.25, 0.3) is 5.91 Å². The summed E-state index contributed by atoms with van der Waals surface area (Å²) in [4.78, 5) is 24.5. The van der Waals surface area contributed by atoms with E-state index in [1.807, 2.05) is 13.8 Å². The molecule has 2 rings (SSSR count). The normalized spacial score (nSPS) is 11.7. The lowest BCUT2D eigenvalue weighted by Crippen LogP contribution is -2.30. The lowest BCUT2D eigenvalue weighted by Gasteiger charge is -2.15. The maximum absolute atomic E-state index is 12.3. The van der Waals surface area contributed by atoms with Gasteiger partial charge in [0, 0.05) is 0 Å². The van der Waals surface area contributed by atoms with E-state index < -0.39 is 18.0 Å². The molecule has 0 aromatic heterocycles. The van der Waals surface area contributed by atoms with Crippen LogP contribution in [0.3, 0.4) is 0 Å². The first-order valence-corrected chi connectivity index (χ1v) is 8.76. The van der Waals surface area contributed by atoms with E-state index in [4.69, 9.17) is 14.2 Å². The van der Waals surface area contributed by atoms with Crippen molar-refractivity contribution in [3.63, 3.8) is 0 Å². The molecule has 0 aliphatic carbocycles. The Morgan fingerprint density at radius 1 is 1.00 bits per heavy atom. The number of carbonyl (C=O) groups excluding carboxylic acids is 2. The van der Waals surface area contributed by atoms with Crippen LogP contribution >= 0.6 is 0 Å². The molecular weight excluding hydrogens is 346 g/mol. The van der Waals surface area contributed by atoms with Gasteiger partial charge in [-0.15, -0.1) is 0 Å². The van der Waals surface area contributed by atoms with Crippen LogP contribution in [0, 0.1) is 0 Å². The van der Waals surface area contributed by atoms with Gasteiger partial charge in [-0.05, 0) is 50.6 Å². The van der Waals surface area contributed by atoms with Crippen LogP contribution in [0.4, 0.5) is 5.69 Å². The topological polar surface area (TPSA) is 73.9 Å². The number of hydrogen-bond donors (Lipinski definition) is 1. The van der Waals surface area contributed by atoms with Crippen molar-refractivity contribution in [1.82, 2.24) is 0 Å². The number of ether oxygens (including phenoxy) is 3. The van der Waals surface area contributed by atoms with Gasteiger partial charge >= 0.3 is 5.97 Å². The van der Waals surface area contributed by atoms with Crippen molar-refractivity contribution < 1.29 is 23.8 Å². The molecular formula is C21H25NO5. The lowest BCUT2D eigenvalue weighted by atomic mass is 10.1. The zero-order valence-corrected chi connectivity index (χ0v) is 16.0. The Bertz CT molecular complexity index is 770. The summed E-state index contributed by atoms with van der Waals surface area (Å²) in [6, 6.07) is 13.9. The fourth-order valence-corrected chi connectivity index (χ4v) is 2.26. The summed E-state index contributed by atoms with van der Waals surface area (Å²) in [5.41, 5.74) is 1.85. The van der Waals surface area contributed by atoms with E-state index in [2.05, 4.69) is 5.32 Å². The Hall–Kier alpha value is -2.86. The summed E-state index contributed by atoms with van der Waals surface area (Å²) >= 11 is 0. The highest BCUT2D eigenvalue weighted by Crippen LogP contribution is 2.23. The molecule has 0 saturated carbocycles. The van der Waals surface area contributed by atoms with E-state index in [0.29, 0.717) is 23.6 Å². The number of esters is 1. The molecule has 1 amide bonds. The number of benzene rings is 2. The highest BCUT2D eigenvalue weighted by Gasteiger charge is 2.20. The van der Waals surface area contributed by atoms with Crippen molar-refractivity contribution in [3.05, 3.63) is 59.7 Å². The van der Waals surface area contributed by atoms with E-state index in [0.717, 1.165) is 5.56 Å². The third-order valence-electron chi connectivity index (χ3n) is 3.79. The van der Waals surface area contributed by atoms with Gasteiger partial charge < -0.3 is 19.5 Å². The molecule has 144 valence electrons. The first-order valence-electron chi connectivity index (χ1n) is 8.76. The summed E-state index contributed by atoms with van der Waals surface area (Å²) in [6.07, 6.45) is -0.816. The molecule has 2 aromatic carbocycles. The van der Waals surface area contributed by atoms with Gasteiger partial charge in [0.05, 0.1) is 31.1 Å². The molecule has 6 heteroatoms. The van der Waals surface area contributed by atoms with Gasteiger partial charge in [-0.25, -0.2) is 4.79 Å². The van der Waals surface area contributed by atoms with Crippen LogP contribution in [0.1, 0.15) is 36.7 Å². The highest BCUT2D eigenvalue weighted by atomic mass is 16.5. The molecule has 1 N–H and O–H groups in total. The van der Waals surface area contributed by atoms with Crippen molar-refractivity contribution in [2.45, 2.75) is 39.6 Å². The second-order valence-corrected chi connectivity index (χ2v) is 6.29. The van der Waals surface area contributed by atoms with E-state index in [-0.39, 0.29) is 6.10 Å². The van der Waals surface area contributed by atoms with Crippen molar-refractivity contribution in [2.24, 2.45) is 0 Å². The van der Waals surface area contributed by atoms with Crippen LogP contribution in [0.2, 0.25) is 0 Å². The minimum Gasteiger partial charge on any atom is -0.495 e. The van der Waals surface area contributed by atoms with Crippen LogP contribution in [-0.4, -0.2) is 31.2 Å². The minimum atomic E-state index is -0.952. The van der Waals surface area contributed by atoms with Gasteiger partial charge in [0.1, 0.15) is 5.75 Å². The zero-order chi connectivity index (χ0) is 19.8. The Morgan fingerprint density at radius 3 is 2.30 bits per heavy atom. The van der Waals surface area contributed by atoms with E-state index in [9.17, 15) is 9.59 Å². The standard InChI is InChI=1S/C21H25NO5/c1-14(2)26-13-16-9-11-17(12-10-16)21(24)27-15(3)20(23)22-18-7-5-6-8-19(18)25-4/h5-12,14-15H,13H2,1-4H3,(H,22,23)/t15-/m1/s1. The third-order valence-corrected chi connectivity index (χ3v) is 3.79. The summed E-state index contributed by atoms with van der Waals surface area (Å²) in [6.45, 7) is 5.92. The molecule has 1 atom stereocenters. The second kappa shape index (κ2) is 9.73. The number of anilines is 1. The number of rotatable bonds is 8. The van der Waals surface area contributed by atoms with Crippen LogP contribution in [0.15, 0.2) is 48.5 Å². The van der Waals surface area contributed by atoms with Gasteiger partial charge in [0.2, 0.25) is 0 Å². The number of amides is 1. The largest absolute Gasteiger partial charge is 0.495 e. The zero-order valence-electron chi connectivity index (χ0n) is 16.0. The van der Waals surface area contributed by atoms with Gasteiger partial charge in [-0.1, -0.05) is 24.3 Å². The van der Waals surface area contributed by atoms with Gasteiger partial charge in [-0.3, -0.25) is 4.79 Å². The SMILES string of the molecule is COc1ccccc1NC(=O)[C@@H](C)OC(=O)c1ccc(COC(C)C)cc1. The molecule has 0 aliphatic heterocycles. The Balaban J connectivity index is 1.93. The number of nitrogens with one attached hydrogen (secondary N) is 1. The first-order chi connectivity index (χ1) is 12.9. The number of methoxy groups -OCH3 is 1. The fourth-order valence-electron chi connectivity index (χ4n) is 2.26. The Labute approximate surface area is 159 Å². The third kappa shape index (κ3) is 6.11. The summed E-state index contributed by atoms with van der Waals surface area (Å²) < 4.78 is 16.0. The number of carbonyl (C=O) groups is 2. The predicted octanol–water partition coefficient (Wildman–Crippen LogP) is 3.80. The van der Waals surface area contributed by atoms with E-state index in [1.54, 1.807) is 48.5 Å². The van der Waals surface area contributed by atoms with Crippen molar-refractivity contribution in [2.75, 3.05) is 12.4 Å². The smallest absolute Gasteiger partial charge is 0.338 e. The monoisotopic (exact) mass is 371 g/mol. The van der Waals surface area contributed by atoms with Crippen molar-refractivity contribution in [3.8, 4) is 5.75 Å².